The second-order valence-corrected chi connectivity index (χ2v) is 7.68. The van der Waals surface area contributed by atoms with E-state index in [1.165, 1.54) is 12.3 Å². The van der Waals surface area contributed by atoms with Crippen LogP contribution >= 0.6 is 11.6 Å². The third-order valence-electron chi connectivity index (χ3n) is 5.38. The first-order valence-electron chi connectivity index (χ1n) is 9.62. The van der Waals surface area contributed by atoms with E-state index in [1.807, 2.05) is 13.8 Å². The number of rotatable bonds is 5. The lowest BCUT2D eigenvalue weighted by Crippen LogP contribution is -2.31. The third kappa shape index (κ3) is 3.84. The fourth-order valence-electron chi connectivity index (χ4n) is 3.71. The van der Waals surface area contributed by atoms with Gasteiger partial charge in [-0.25, -0.2) is 13.9 Å². The Hall–Kier alpha value is -2.51. The molecule has 29 heavy (non-hydrogen) atoms. The van der Waals surface area contributed by atoms with Crippen molar-refractivity contribution in [1.29, 1.82) is 0 Å². The first-order chi connectivity index (χ1) is 14.0. The number of aryl methyl sites for hydroxylation is 2. The van der Waals surface area contributed by atoms with Crippen molar-refractivity contribution in [2.45, 2.75) is 39.2 Å². The van der Waals surface area contributed by atoms with E-state index >= 15 is 0 Å². The molecule has 3 aromatic rings. The van der Waals surface area contributed by atoms with Crippen molar-refractivity contribution in [2.24, 2.45) is 0 Å². The highest BCUT2D eigenvalue weighted by atomic mass is 35.5. The van der Waals surface area contributed by atoms with Crippen LogP contribution in [-0.4, -0.2) is 39.8 Å². The van der Waals surface area contributed by atoms with E-state index in [4.69, 9.17) is 16.3 Å². The van der Waals surface area contributed by atoms with Gasteiger partial charge in [0.15, 0.2) is 5.65 Å². The molecule has 0 radical (unpaired) electrons. The number of carbonyl (C=O) groups is 1. The maximum Gasteiger partial charge on any atom is 0.256 e. The molecule has 0 spiro atoms. The minimum absolute atomic E-state index is 0.0642. The Bertz CT molecular complexity index is 1060. The van der Waals surface area contributed by atoms with Gasteiger partial charge >= 0.3 is 0 Å². The number of benzene rings is 1. The van der Waals surface area contributed by atoms with Crippen LogP contribution in [0.2, 0.25) is 5.02 Å². The summed E-state index contributed by atoms with van der Waals surface area (Å²) in [7, 11) is 0. The number of fused-ring (bicyclic) bond motifs is 1. The van der Waals surface area contributed by atoms with Crippen LogP contribution in [0.1, 0.15) is 45.7 Å². The van der Waals surface area contributed by atoms with Gasteiger partial charge in [-0.1, -0.05) is 17.7 Å². The van der Waals surface area contributed by atoms with E-state index < -0.39 is 0 Å². The molecular weight excluding hydrogens is 395 g/mol. The van der Waals surface area contributed by atoms with E-state index in [0.29, 0.717) is 40.5 Å². The average Bonchev–Trinajstić information content (AvgIpc) is 3.35. The number of nitrogens with zero attached hydrogens (tertiary/aromatic N) is 3. The molecule has 8 heteroatoms. The number of hydrogen-bond acceptors (Lipinski definition) is 4. The summed E-state index contributed by atoms with van der Waals surface area (Å²) in [6, 6.07) is 4.64. The minimum atomic E-state index is -0.355. The normalized spacial score (nSPS) is 16.5. The second-order valence-electron chi connectivity index (χ2n) is 7.28. The predicted molar refractivity (Wildman–Crippen MR) is 108 cm³/mol. The molecule has 0 aliphatic carbocycles. The van der Waals surface area contributed by atoms with Crippen molar-refractivity contribution in [1.82, 2.24) is 19.9 Å². The molecule has 2 aromatic heterocycles. The van der Waals surface area contributed by atoms with Gasteiger partial charge in [-0.15, -0.1) is 0 Å². The van der Waals surface area contributed by atoms with Crippen molar-refractivity contribution in [3.63, 3.8) is 0 Å². The van der Waals surface area contributed by atoms with Crippen molar-refractivity contribution in [3.05, 3.63) is 63.3 Å². The van der Waals surface area contributed by atoms with E-state index in [0.717, 1.165) is 30.7 Å². The first-order valence-corrected chi connectivity index (χ1v) is 10.00. The highest BCUT2D eigenvalue weighted by Crippen LogP contribution is 2.26. The molecule has 152 valence electrons. The fourth-order valence-corrected chi connectivity index (χ4v) is 3.94. The molecule has 1 N–H and O–H groups in total. The van der Waals surface area contributed by atoms with Gasteiger partial charge in [0.05, 0.1) is 12.3 Å². The van der Waals surface area contributed by atoms with Gasteiger partial charge in [0.25, 0.3) is 5.91 Å². The molecular formula is C21H22ClFN4O2. The summed E-state index contributed by atoms with van der Waals surface area (Å²) in [6.45, 7) is 4.94. The zero-order valence-electron chi connectivity index (χ0n) is 16.3. The number of hydrogen-bond donors (Lipinski definition) is 1. The van der Waals surface area contributed by atoms with Crippen LogP contribution in [0.25, 0.3) is 5.65 Å². The van der Waals surface area contributed by atoms with Crippen molar-refractivity contribution < 1.29 is 13.9 Å². The monoisotopic (exact) mass is 416 g/mol. The molecule has 0 saturated carbocycles. The van der Waals surface area contributed by atoms with Crippen LogP contribution in [0.5, 0.6) is 0 Å². The molecule has 1 unspecified atom stereocenters. The van der Waals surface area contributed by atoms with E-state index in [1.54, 1.807) is 16.6 Å². The van der Waals surface area contributed by atoms with Gasteiger partial charge in [0, 0.05) is 41.5 Å². The molecule has 0 bridgehead atoms. The molecule has 4 rings (SSSR count). The highest BCUT2D eigenvalue weighted by Gasteiger charge is 2.21. The molecule has 6 nitrogen and oxygen atoms in total. The number of carbonyl (C=O) groups excluding carboxylic acids is 1. The number of nitrogens with one attached hydrogen (secondary N) is 1. The fraction of sp³-hybridized carbons (Fsp3) is 0.381. The first kappa shape index (κ1) is 19.8. The Balaban J connectivity index is 1.63. The number of amides is 1. The number of aromatic nitrogens is 3. The second kappa shape index (κ2) is 8.08. The van der Waals surface area contributed by atoms with Crippen molar-refractivity contribution in [3.8, 4) is 0 Å². The largest absolute Gasteiger partial charge is 0.376 e. The van der Waals surface area contributed by atoms with Crippen LogP contribution in [0.4, 0.5) is 4.39 Å². The lowest BCUT2D eigenvalue weighted by Gasteiger charge is -2.13. The lowest BCUT2D eigenvalue weighted by atomic mass is 10.0. The minimum Gasteiger partial charge on any atom is -0.376 e. The quantitative estimate of drug-likeness (QED) is 0.689. The van der Waals surface area contributed by atoms with Crippen LogP contribution < -0.4 is 5.32 Å². The molecule has 1 saturated heterocycles. The molecule has 1 aliphatic rings. The summed E-state index contributed by atoms with van der Waals surface area (Å²) >= 11 is 6.19. The van der Waals surface area contributed by atoms with Gasteiger partial charge in [0.1, 0.15) is 11.4 Å². The van der Waals surface area contributed by atoms with Crippen LogP contribution in [0.15, 0.2) is 24.4 Å². The summed E-state index contributed by atoms with van der Waals surface area (Å²) in [5.41, 5.74) is 3.65. The topological polar surface area (TPSA) is 68.5 Å². The van der Waals surface area contributed by atoms with Gasteiger partial charge in [-0.05, 0) is 44.4 Å². The maximum absolute atomic E-state index is 14.2. The van der Waals surface area contributed by atoms with E-state index in [-0.39, 0.29) is 17.8 Å². The molecule has 1 aliphatic heterocycles. The Morgan fingerprint density at radius 1 is 1.38 bits per heavy atom. The van der Waals surface area contributed by atoms with E-state index in [9.17, 15) is 9.18 Å². The van der Waals surface area contributed by atoms with Crippen molar-refractivity contribution >= 4 is 23.2 Å². The summed E-state index contributed by atoms with van der Waals surface area (Å²) < 4.78 is 21.4. The zero-order valence-corrected chi connectivity index (χ0v) is 17.1. The smallest absolute Gasteiger partial charge is 0.256 e. The van der Waals surface area contributed by atoms with Crippen LogP contribution in [0, 0.1) is 19.7 Å². The van der Waals surface area contributed by atoms with Crippen LogP contribution in [-0.2, 0) is 11.2 Å². The van der Waals surface area contributed by atoms with Gasteiger partial charge in [-0.2, -0.15) is 5.10 Å². The predicted octanol–water partition coefficient (Wildman–Crippen LogP) is 3.64. The Kier molecular flexibility index (Phi) is 5.52. The van der Waals surface area contributed by atoms with Gasteiger partial charge < -0.3 is 10.1 Å². The average molecular weight is 417 g/mol. The van der Waals surface area contributed by atoms with Crippen LogP contribution in [0.3, 0.4) is 0 Å². The number of ether oxygens (including phenoxy) is 1. The Labute approximate surface area is 173 Å². The summed E-state index contributed by atoms with van der Waals surface area (Å²) in [5.74, 6) is -0.585. The summed E-state index contributed by atoms with van der Waals surface area (Å²) in [4.78, 5) is 17.2. The Morgan fingerprint density at radius 2 is 2.21 bits per heavy atom. The zero-order chi connectivity index (χ0) is 20.5. The third-order valence-corrected chi connectivity index (χ3v) is 5.74. The standard InChI is InChI=1S/C21H22ClFN4O2/c1-12-15(9-16-18(22)6-3-7-19(16)23)13(2)27-20(26-12)17(11-25-27)21(28)24-10-14-5-4-8-29-14/h3,6-7,11,14H,4-5,8-10H2,1-2H3,(H,24,28). The molecule has 3 heterocycles. The van der Waals surface area contributed by atoms with Crippen molar-refractivity contribution in [2.75, 3.05) is 13.2 Å². The SMILES string of the molecule is Cc1nc2c(C(=O)NCC3CCCO3)cnn2c(C)c1Cc1c(F)cccc1Cl. The summed E-state index contributed by atoms with van der Waals surface area (Å²) in [6.07, 6.45) is 3.85. The van der Waals surface area contributed by atoms with Gasteiger partial charge in [0.2, 0.25) is 0 Å². The molecule has 1 fully saturated rings. The number of halogens is 2. The molecule has 1 amide bonds. The van der Waals surface area contributed by atoms with Gasteiger partial charge in [-0.3, -0.25) is 4.79 Å². The Morgan fingerprint density at radius 3 is 2.93 bits per heavy atom. The molecule has 1 aromatic carbocycles. The maximum atomic E-state index is 14.2. The van der Waals surface area contributed by atoms with E-state index in [2.05, 4.69) is 15.4 Å². The lowest BCUT2D eigenvalue weighted by molar-refractivity contribution is 0.0859. The highest BCUT2D eigenvalue weighted by molar-refractivity contribution is 6.31. The summed E-state index contributed by atoms with van der Waals surface area (Å²) in [5, 5.41) is 7.62. The molecule has 1 atom stereocenters.